The zero-order chi connectivity index (χ0) is 27.1. The van der Waals surface area contributed by atoms with Gasteiger partial charge >= 0.3 is 0 Å². The van der Waals surface area contributed by atoms with Crippen molar-refractivity contribution in [2.45, 2.75) is 13.0 Å². The predicted octanol–water partition coefficient (Wildman–Crippen LogP) is 1.62. The van der Waals surface area contributed by atoms with Gasteiger partial charge in [0.2, 0.25) is 0 Å². The molecule has 39 heavy (non-hydrogen) atoms. The van der Waals surface area contributed by atoms with E-state index in [1.807, 2.05) is 6.07 Å². The van der Waals surface area contributed by atoms with Crippen molar-refractivity contribution in [2.24, 2.45) is 7.05 Å². The second kappa shape index (κ2) is 9.27. The van der Waals surface area contributed by atoms with Crippen LogP contribution in [0.15, 0.2) is 70.5 Å². The molecule has 13 nitrogen and oxygen atoms in total. The highest BCUT2D eigenvalue weighted by molar-refractivity contribution is 6.04. The standard InChI is InChI=1S/C26H20N10O3/c1-15(30-24(37)20-21(27)32-35-12-6-11-28-23(20)35)22-31-25-19(26(38)36(22)17-7-4-3-5-8-17)18(33-39-25)10-9-16-13-29-34(2)14-16/h3-8,11-15H,1-2H3,(H2,27,32)(H,30,37). The molecule has 6 aromatic rings. The molecule has 192 valence electrons. The quantitative estimate of drug-likeness (QED) is 0.329. The van der Waals surface area contributed by atoms with E-state index in [1.54, 1.807) is 67.6 Å². The number of nitrogens with zero attached hydrogens (tertiary/aromatic N) is 8. The number of hydrogen-bond donors (Lipinski definition) is 2. The van der Waals surface area contributed by atoms with E-state index in [0.717, 1.165) is 0 Å². The van der Waals surface area contributed by atoms with Crippen molar-refractivity contribution in [3.63, 3.8) is 0 Å². The average Bonchev–Trinajstić information content (AvgIpc) is 3.63. The Balaban J connectivity index is 1.45. The van der Waals surface area contributed by atoms with Gasteiger partial charge in [-0.3, -0.25) is 18.8 Å². The van der Waals surface area contributed by atoms with Crippen LogP contribution in [-0.4, -0.2) is 45.0 Å². The molecule has 1 amide bonds. The van der Waals surface area contributed by atoms with E-state index in [4.69, 9.17) is 10.3 Å². The van der Waals surface area contributed by atoms with Crippen molar-refractivity contribution in [3.05, 3.63) is 94.2 Å². The van der Waals surface area contributed by atoms with Gasteiger partial charge in [0.05, 0.1) is 23.5 Å². The third-order valence-corrected chi connectivity index (χ3v) is 5.97. The molecular formula is C26H20N10O3. The number of benzene rings is 1. The lowest BCUT2D eigenvalue weighted by molar-refractivity contribution is 0.0940. The summed E-state index contributed by atoms with van der Waals surface area (Å²) in [4.78, 5) is 36.0. The maximum absolute atomic E-state index is 13.9. The van der Waals surface area contributed by atoms with Gasteiger partial charge in [-0.15, -0.1) is 5.10 Å². The van der Waals surface area contributed by atoms with E-state index in [1.165, 1.54) is 15.3 Å². The third kappa shape index (κ3) is 4.15. The molecule has 0 fully saturated rings. The second-order valence-corrected chi connectivity index (χ2v) is 8.65. The largest absolute Gasteiger partial charge is 0.381 e. The highest BCUT2D eigenvalue weighted by Crippen LogP contribution is 2.22. The topological polar surface area (TPSA) is 164 Å². The Kier molecular flexibility index (Phi) is 5.61. The van der Waals surface area contributed by atoms with Crippen molar-refractivity contribution < 1.29 is 9.32 Å². The molecule has 0 saturated carbocycles. The zero-order valence-corrected chi connectivity index (χ0v) is 20.7. The first-order chi connectivity index (χ1) is 18.9. The van der Waals surface area contributed by atoms with Crippen LogP contribution in [0.1, 0.15) is 40.4 Å². The van der Waals surface area contributed by atoms with Gasteiger partial charge in [-0.1, -0.05) is 29.3 Å². The molecule has 0 aliphatic carbocycles. The number of nitrogens with two attached hydrogens (primary N) is 1. The van der Waals surface area contributed by atoms with Crippen LogP contribution >= 0.6 is 0 Å². The summed E-state index contributed by atoms with van der Waals surface area (Å²) in [5.74, 6) is 5.53. The molecule has 6 rings (SSSR count). The van der Waals surface area contributed by atoms with E-state index in [-0.39, 0.29) is 34.0 Å². The number of fused-ring (bicyclic) bond motifs is 2. The lowest BCUT2D eigenvalue weighted by atomic mass is 10.2. The molecule has 1 atom stereocenters. The van der Waals surface area contributed by atoms with Gasteiger partial charge in [-0.05, 0) is 31.0 Å². The molecule has 0 aliphatic rings. The van der Waals surface area contributed by atoms with Crippen LogP contribution in [0.2, 0.25) is 0 Å². The molecule has 0 radical (unpaired) electrons. The Morgan fingerprint density at radius 3 is 2.77 bits per heavy atom. The van der Waals surface area contributed by atoms with Crippen molar-refractivity contribution in [3.8, 4) is 17.5 Å². The molecule has 0 saturated heterocycles. The summed E-state index contributed by atoms with van der Waals surface area (Å²) in [6.45, 7) is 1.69. The molecule has 13 heteroatoms. The molecular weight excluding hydrogens is 500 g/mol. The van der Waals surface area contributed by atoms with Gasteiger partial charge in [0.15, 0.2) is 17.2 Å². The SMILES string of the molecule is CC(NC(=O)c1c(N)nn2cccnc12)c1nc2onc(C#Cc3cnn(C)c3)c2c(=O)n1-c1ccccc1. The number of hydrogen-bond acceptors (Lipinski definition) is 9. The van der Waals surface area contributed by atoms with E-state index in [9.17, 15) is 9.59 Å². The highest BCUT2D eigenvalue weighted by atomic mass is 16.5. The number of aryl methyl sites for hydroxylation is 1. The number of para-hydroxylation sites is 1. The number of anilines is 1. The van der Waals surface area contributed by atoms with Crippen molar-refractivity contribution in [1.29, 1.82) is 0 Å². The molecule has 5 heterocycles. The maximum Gasteiger partial charge on any atom is 0.272 e. The first-order valence-electron chi connectivity index (χ1n) is 11.8. The summed E-state index contributed by atoms with van der Waals surface area (Å²) in [5, 5.41) is 15.2. The number of carbonyl (C=O) groups is 1. The van der Waals surface area contributed by atoms with E-state index in [2.05, 4.69) is 42.5 Å². The van der Waals surface area contributed by atoms with Crippen LogP contribution in [0.25, 0.3) is 22.4 Å². The summed E-state index contributed by atoms with van der Waals surface area (Å²) >= 11 is 0. The second-order valence-electron chi connectivity index (χ2n) is 8.65. The van der Waals surface area contributed by atoms with Gasteiger partial charge in [0.1, 0.15) is 16.8 Å². The molecule has 0 aliphatic heterocycles. The number of nitrogens with one attached hydrogen (secondary N) is 1. The molecule has 5 aromatic heterocycles. The Hall–Kier alpha value is -5.77. The number of amides is 1. The van der Waals surface area contributed by atoms with Gasteiger partial charge in [-0.2, -0.15) is 10.1 Å². The number of aromatic nitrogens is 8. The fourth-order valence-electron chi connectivity index (χ4n) is 4.19. The van der Waals surface area contributed by atoms with Gasteiger partial charge in [0.25, 0.3) is 17.2 Å². The summed E-state index contributed by atoms with van der Waals surface area (Å²) in [5.41, 5.74) is 7.32. The molecule has 1 aromatic carbocycles. The van der Waals surface area contributed by atoms with E-state index < -0.39 is 17.5 Å². The summed E-state index contributed by atoms with van der Waals surface area (Å²) in [6, 6.07) is 9.85. The minimum atomic E-state index is -0.761. The van der Waals surface area contributed by atoms with Gasteiger partial charge < -0.3 is 15.6 Å². The highest BCUT2D eigenvalue weighted by Gasteiger charge is 2.26. The fraction of sp³-hybridized carbons (Fsp3) is 0.115. The Bertz CT molecular complexity index is 1990. The molecule has 3 N–H and O–H groups in total. The number of nitrogen functional groups attached to an aromatic ring is 1. The zero-order valence-electron chi connectivity index (χ0n) is 20.7. The predicted molar refractivity (Wildman–Crippen MR) is 140 cm³/mol. The monoisotopic (exact) mass is 520 g/mol. The van der Waals surface area contributed by atoms with Gasteiger partial charge in [-0.25, -0.2) is 9.50 Å². The summed E-state index contributed by atoms with van der Waals surface area (Å²) < 4.78 is 9.84. The lowest BCUT2D eigenvalue weighted by Crippen LogP contribution is -2.33. The normalized spacial score (nSPS) is 11.8. The van der Waals surface area contributed by atoms with Gasteiger partial charge in [0, 0.05) is 25.6 Å². The average molecular weight is 521 g/mol. The lowest BCUT2D eigenvalue weighted by Gasteiger charge is -2.18. The van der Waals surface area contributed by atoms with Crippen LogP contribution in [0.4, 0.5) is 5.82 Å². The minimum Gasteiger partial charge on any atom is -0.381 e. The fourth-order valence-corrected chi connectivity index (χ4v) is 4.19. The molecule has 0 spiro atoms. The van der Waals surface area contributed by atoms with Crippen LogP contribution in [0.5, 0.6) is 0 Å². The maximum atomic E-state index is 13.9. The van der Waals surface area contributed by atoms with Crippen LogP contribution in [0, 0.1) is 11.8 Å². The summed E-state index contributed by atoms with van der Waals surface area (Å²) in [6.07, 6.45) is 6.52. The Labute approximate surface area is 219 Å². The van der Waals surface area contributed by atoms with Crippen molar-refractivity contribution in [2.75, 3.05) is 5.73 Å². The third-order valence-electron chi connectivity index (χ3n) is 5.97. The Morgan fingerprint density at radius 2 is 2.00 bits per heavy atom. The van der Waals surface area contributed by atoms with Crippen LogP contribution < -0.4 is 16.6 Å². The minimum absolute atomic E-state index is 0.00377. The summed E-state index contributed by atoms with van der Waals surface area (Å²) in [7, 11) is 1.78. The number of carbonyl (C=O) groups excluding carboxylic acids is 1. The van der Waals surface area contributed by atoms with E-state index >= 15 is 0 Å². The van der Waals surface area contributed by atoms with Crippen molar-refractivity contribution in [1.82, 2.24) is 44.4 Å². The van der Waals surface area contributed by atoms with Crippen LogP contribution in [-0.2, 0) is 7.05 Å². The van der Waals surface area contributed by atoms with E-state index in [0.29, 0.717) is 16.9 Å². The number of rotatable bonds is 4. The molecule has 0 bridgehead atoms. The first-order valence-corrected chi connectivity index (χ1v) is 11.8. The molecule has 1 unspecified atom stereocenters. The van der Waals surface area contributed by atoms with Crippen molar-refractivity contribution >= 4 is 28.5 Å². The smallest absolute Gasteiger partial charge is 0.272 e. The van der Waals surface area contributed by atoms with Crippen LogP contribution in [0.3, 0.4) is 0 Å². The first kappa shape index (κ1) is 23.6. The Morgan fingerprint density at radius 1 is 1.18 bits per heavy atom.